The molecule has 3 rings (SSSR count). The molecule has 0 unspecified atom stereocenters. The summed E-state index contributed by atoms with van der Waals surface area (Å²) in [4.78, 5) is 25.1. The van der Waals surface area contributed by atoms with Crippen LogP contribution in [0.4, 0.5) is 5.69 Å². The van der Waals surface area contributed by atoms with Crippen LogP contribution >= 0.6 is 0 Å². The molecule has 5 heteroatoms. The Kier molecular flexibility index (Phi) is 6.21. The predicted molar refractivity (Wildman–Crippen MR) is 109 cm³/mol. The molecule has 0 bridgehead atoms. The van der Waals surface area contributed by atoms with Gasteiger partial charge in [0.2, 0.25) is 0 Å². The number of allylic oxidation sites excluding steroid dienone is 1. The molecule has 2 N–H and O–H groups in total. The number of benzene rings is 3. The second kappa shape index (κ2) is 9.19. The molecule has 5 nitrogen and oxygen atoms in total. The molecule has 1 amide bonds. The summed E-state index contributed by atoms with van der Waals surface area (Å²) in [5.41, 5.74) is 1.74. The third kappa shape index (κ3) is 5.08. The quantitative estimate of drug-likeness (QED) is 0.480. The molecule has 0 aliphatic rings. The Bertz CT molecular complexity index is 966. The van der Waals surface area contributed by atoms with Gasteiger partial charge in [0.15, 0.2) is 5.78 Å². The van der Waals surface area contributed by atoms with Crippen molar-refractivity contribution in [3.05, 3.63) is 108 Å². The van der Waals surface area contributed by atoms with Gasteiger partial charge in [-0.2, -0.15) is 0 Å². The Morgan fingerprint density at radius 1 is 0.786 bits per heavy atom. The van der Waals surface area contributed by atoms with Gasteiger partial charge in [-0.05, 0) is 36.4 Å². The van der Waals surface area contributed by atoms with E-state index in [1.165, 1.54) is 6.08 Å². The molecule has 0 heterocycles. The maximum atomic E-state index is 12.6. The molecule has 0 aliphatic carbocycles. The zero-order valence-electron chi connectivity index (χ0n) is 15.4. The Morgan fingerprint density at radius 2 is 1.36 bits per heavy atom. The number of ketones is 1. The van der Waals surface area contributed by atoms with Crippen LogP contribution in [0.1, 0.15) is 20.7 Å². The van der Waals surface area contributed by atoms with Crippen molar-refractivity contribution in [2.45, 2.75) is 0 Å². The third-order valence-electron chi connectivity index (χ3n) is 3.99. The highest BCUT2D eigenvalue weighted by molar-refractivity contribution is 6.06. The molecule has 0 aliphatic heterocycles. The molecule has 0 spiro atoms. The van der Waals surface area contributed by atoms with E-state index < -0.39 is 0 Å². The lowest BCUT2D eigenvalue weighted by atomic mass is 10.1. The van der Waals surface area contributed by atoms with Crippen LogP contribution in [-0.4, -0.2) is 18.8 Å². The van der Waals surface area contributed by atoms with Gasteiger partial charge in [0, 0.05) is 22.9 Å². The summed E-state index contributed by atoms with van der Waals surface area (Å²) < 4.78 is 5.15. The van der Waals surface area contributed by atoms with E-state index in [1.54, 1.807) is 79.9 Å². The fraction of sp³-hybridized carbons (Fsp3) is 0.0435. The smallest absolute Gasteiger partial charge is 0.256 e. The van der Waals surface area contributed by atoms with Gasteiger partial charge in [0.05, 0.1) is 7.11 Å². The van der Waals surface area contributed by atoms with E-state index in [0.717, 1.165) is 0 Å². The van der Waals surface area contributed by atoms with Crippen molar-refractivity contribution in [2.75, 3.05) is 12.4 Å². The first-order chi connectivity index (χ1) is 13.7. The number of methoxy groups -OCH3 is 1. The molecule has 0 saturated heterocycles. The first-order valence-corrected chi connectivity index (χ1v) is 8.74. The molecule has 3 aromatic rings. The fourth-order valence-electron chi connectivity index (χ4n) is 2.53. The van der Waals surface area contributed by atoms with Crippen molar-refractivity contribution >= 4 is 17.4 Å². The Hall–Kier alpha value is -3.86. The maximum Gasteiger partial charge on any atom is 0.256 e. The summed E-state index contributed by atoms with van der Waals surface area (Å²) in [6.07, 6.45) is 1.38. The van der Waals surface area contributed by atoms with Crippen molar-refractivity contribution in [3.63, 3.8) is 0 Å². The highest BCUT2D eigenvalue weighted by atomic mass is 16.5. The van der Waals surface area contributed by atoms with Gasteiger partial charge in [-0.25, -0.2) is 0 Å². The van der Waals surface area contributed by atoms with E-state index in [2.05, 4.69) is 10.6 Å². The Balaban J connectivity index is 1.85. The first-order valence-electron chi connectivity index (χ1n) is 8.74. The van der Waals surface area contributed by atoms with Gasteiger partial charge in [-0.1, -0.05) is 48.5 Å². The van der Waals surface area contributed by atoms with Gasteiger partial charge >= 0.3 is 0 Å². The molecule has 3 aromatic carbocycles. The van der Waals surface area contributed by atoms with E-state index in [0.29, 0.717) is 22.6 Å². The number of carbonyl (C=O) groups is 2. The van der Waals surface area contributed by atoms with Crippen molar-refractivity contribution in [2.24, 2.45) is 0 Å². The lowest BCUT2D eigenvalue weighted by molar-refractivity contribution is 0.0966. The molecular weight excluding hydrogens is 352 g/mol. The number of ether oxygens (including phenoxy) is 1. The maximum absolute atomic E-state index is 12.6. The van der Waals surface area contributed by atoms with Crippen LogP contribution < -0.4 is 15.4 Å². The molecule has 0 radical (unpaired) electrons. The summed E-state index contributed by atoms with van der Waals surface area (Å²) in [5.74, 6) is 0.469. The molecule has 0 atom stereocenters. The molecule has 0 fully saturated rings. The van der Waals surface area contributed by atoms with E-state index in [9.17, 15) is 9.59 Å². The molecule has 140 valence electrons. The number of hydrogen-bond donors (Lipinski definition) is 2. The van der Waals surface area contributed by atoms with E-state index >= 15 is 0 Å². The number of anilines is 1. The normalized spacial score (nSPS) is 10.8. The Morgan fingerprint density at radius 3 is 1.93 bits per heavy atom. The monoisotopic (exact) mass is 372 g/mol. The Labute approximate surface area is 163 Å². The van der Waals surface area contributed by atoms with Gasteiger partial charge < -0.3 is 15.4 Å². The minimum atomic E-state index is -0.311. The SMILES string of the molecule is COc1ccc(N/C(=C\C(=O)c2ccccc2)NC(=O)c2ccccc2)cc1. The number of carbonyl (C=O) groups excluding carboxylic acids is 2. The predicted octanol–water partition coefficient (Wildman–Crippen LogP) is 4.26. The second-order valence-corrected chi connectivity index (χ2v) is 5.96. The zero-order valence-corrected chi connectivity index (χ0v) is 15.4. The lowest BCUT2D eigenvalue weighted by Crippen LogP contribution is -2.27. The van der Waals surface area contributed by atoms with Gasteiger partial charge in [0.25, 0.3) is 5.91 Å². The van der Waals surface area contributed by atoms with Crippen LogP contribution in [0.25, 0.3) is 0 Å². The zero-order chi connectivity index (χ0) is 19.8. The van der Waals surface area contributed by atoms with Crippen molar-refractivity contribution in [3.8, 4) is 5.75 Å². The highest BCUT2D eigenvalue weighted by Crippen LogP contribution is 2.16. The summed E-state index contributed by atoms with van der Waals surface area (Å²) in [5, 5.41) is 5.85. The molecule has 0 aromatic heterocycles. The van der Waals surface area contributed by atoms with Crippen LogP contribution in [0.5, 0.6) is 5.75 Å². The van der Waals surface area contributed by atoms with Crippen molar-refractivity contribution < 1.29 is 14.3 Å². The summed E-state index contributed by atoms with van der Waals surface area (Å²) >= 11 is 0. The molecule has 0 saturated carbocycles. The average Bonchev–Trinajstić information content (AvgIpc) is 2.75. The van der Waals surface area contributed by atoms with Gasteiger partial charge in [-0.3, -0.25) is 9.59 Å². The third-order valence-corrected chi connectivity index (χ3v) is 3.99. The first kappa shape index (κ1) is 18.9. The lowest BCUT2D eigenvalue weighted by Gasteiger charge is -2.13. The van der Waals surface area contributed by atoms with Crippen LogP contribution in [-0.2, 0) is 0 Å². The second-order valence-electron chi connectivity index (χ2n) is 5.96. The highest BCUT2D eigenvalue weighted by Gasteiger charge is 2.11. The largest absolute Gasteiger partial charge is 0.497 e. The van der Waals surface area contributed by atoms with Crippen molar-refractivity contribution in [1.29, 1.82) is 0 Å². The van der Waals surface area contributed by atoms with E-state index in [1.807, 2.05) is 12.1 Å². The number of hydrogen-bond acceptors (Lipinski definition) is 4. The van der Waals surface area contributed by atoms with Crippen LogP contribution in [0.2, 0.25) is 0 Å². The minimum absolute atomic E-state index is 0.218. The summed E-state index contributed by atoms with van der Waals surface area (Å²) in [7, 11) is 1.59. The summed E-state index contributed by atoms with van der Waals surface area (Å²) in [6.45, 7) is 0. The van der Waals surface area contributed by atoms with Crippen LogP contribution in [0, 0.1) is 0 Å². The van der Waals surface area contributed by atoms with E-state index in [4.69, 9.17) is 4.74 Å². The van der Waals surface area contributed by atoms with E-state index in [-0.39, 0.29) is 17.5 Å². The van der Waals surface area contributed by atoms with Crippen molar-refractivity contribution in [1.82, 2.24) is 5.32 Å². The molecule has 28 heavy (non-hydrogen) atoms. The topological polar surface area (TPSA) is 67.4 Å². The number of nitrogens with one attached hydrogen (secondary N) is 2. The van der Waals surface area contributed by atoms with Gasteiger partial charge in [-0.15, -0.1) is 0 Å². The number of amides is 1. The average molecular weight is 372 g/mol. The fourth-order valence-corrected chi connectivity index (χ4v) is 2.53. The number of rotatable bonds is 7. The van der Waals surface area contributed by atoms with Crippen LogP contribution in [0.15, 0.2) is 96.8 Å². The van der Waals surface area contributed by atoms with Crippen LogP contribution in [0.3, 0.4) is 0 Å². The molecular formula is C23H20N2O3. The minimum Gasteiger partial charge on any atom is -0.497 e. The standard InChI is InChI=1S/C23H20N2O3/c1-28-20-14-12-19(13-15-20)24-22(16-21(26)17-8-4-2-5-9-17)25-23(27)18-10-6-3-7-11-18/h2-16,24H,1H3,(H,25,27)/b22-16+. The van der Waals surface area contributed by atoms with Gasteiger partial charge in [0.1, 0.15) is 11.6 Å². The summed E-state index contributed by atoms with van der Waals surface area (Å²) in [6, 6.07) is 24.9.